The Hall–Kier alpha value is -0.130. The van der Waals surface area contributed by atoms with Gasteiger partial charge >= 0.3 is 10.4 Å². The predicted molar refractivity (Wildman–Crippen MR) is 43.8 cm³/mol. The third kappa shape index (κ3) is 2.43. The van der Waals surface area contributed by atoms with Crippen molar-refractivity contribution in [3.8, 4) is 0 Å². The first kappa shape index (κ1) is 9.95. The van der Waals surface area contributed by atoms with E-state index in [-0.39, 0.29) is 18.6 Å². The van der Waals surface area contributed by atoms with Crippen LogP contribution in [0.4, 0.5) is 0 Å². The second-order valence-electron chi connectivity index (χ2n) is 3.49. The summed E-state index contributed by atoms with van der Waals surface area (Å²) in [4.78, 5) is 0. The second-order valence-corrected chi connectivity index (χ2v) is 4.78. The fourth-order valence-corrected chi connectivity index (χ4v) is 2.18. The van der Waals surface area contributed by atoms with E-state index in [0.29, 0.717) is 0 Å². The van der Waals surface area contributed by atoms with E-state index in [9.17, 15) is 8.42 Å². The van der Waals surface area contributed by atoms with Gasteiger partial charge in [0.25, 0.3) is 0 Å². The molecule has 0 aromatic rings. The van der Waals surface area contributed by atoms with Crippen molar-refractivity contribution in [2.75, 3.05) is 13.2 Å². The van der Waals surface area contributed by atoms with E-state index in [1.165, 1.54) is 0 Å². The van der Waals surface area contributed by atoms with Crippen molar-refractivity contribution in [2.45, 2.75) is 26.7 Å². The van der Waals surface area contributed by atoms with Crippen LogP contribution in [0.25, 0.3) is 0 Å². The molecule has 12 heavy (non-hydrogen) atoms. The summed E-state index contributed by atoms with van der Waals surface area (Å²) in [5.41, 5.74) is -0.139. The minimum absolute atomic E-state index is 0.139. The monoisotopic (exact) mass is 194 g/mol. The average molecular weight is 194 g/mol. The molecule has 1 aliphatic heterocycles. The van der Waals surface area contributed by atoms with Gasteiger partial charge in [-0.3, -0.25) is 0 Å². The van der Waals surface area contributed by atoms with Crippen molar-refractivity contribution in [1.82, 2.24) is 0 Å². The normalized spacial score (nSPS) is 26.8. The third-order valence-corrected chi connectivity index (χ3v) is 2.77. The number of hydrogen-bond acceptors (Lipinski definition) is 4. The molecule has 0 saturated carbocycles. The Bertz CT molecular complexity index is 230. The van der Waals surface area contributed by atoms with Gasteiger partial charge in [-0.2, -0.15) is 8.42 Å². The first-order valence-electron chi connectivity index (χ1n) is 4.01. The van der Waals surface area contributed by atoms with Crippen molar-refractivity contribution in [3.05, 3.63) is 0 Å². The molecule has 72 valence electrons. The summed E-state index contributed by atoms with van der Waals surface area (Å²) in [6, 6.07) is 0. The lowest BCUT2D eigenvalue weighted by Crippen LogP contribution is -2.37. The SMILES string of the molecule is CCCC1(C)COS(=O)(=O)OC1. The molecule has 1 rings (SSSR count). The van der Waals surface area contributed by atoms with Crippen molar-refractivity contribution in [3.63, 3.8) is 0 Å². The number of rotatable bonds is 2. The van der Waals surface area contributed by atoms with E-state index >= 15 is 0 Å². The molecule has 0 aliphatic carbocycles. The van der Waals surface area contributed by atoms with Gasteiger partial charge in [0.05, 0.1) is 13.2 Å². The van der Waals surface area contributed by atoms with E-state index in [1.54, 1.807) is 0 Å². The molecule has 0 unspecified atom stereocenters. The Labute approximate surface area is 73.2 Å². The Kier molecular flexibility index (Phi) is 2.75. The van der Waals surface area contributed by atoms with E-state index in [1.807, 2.05) is 13.8 Å². The molecule has 1 saturated heterocycles. The highest BCUT2D eigenvalue weighted by molar-refractivity contribution is 7.81. The third-order valence-electron chi connectivity index (χ3n) is 1.96. The zero-order chi connectivity index (χ0) is 9.24. The van der Waals surface area contributed by atoms with Gasteiger partial charge in [-0.05, 0) is 6.42 Å². The minimum Gasteiger partial charge on any atom is -0.248 e. The Morgan fingerprint density at radius 1 is 1.33 bits per heavy atom. The highest BCUT2D eigenvalue weighted by atomic mass is 32.3. The smallest absolute Gasteiger partial charge is 0.248 e. The molecule has 0 atom stereocenters. The predicted octanol–water partition coefficient (Wildman–Crippen LogP) is 1.08. The second kappa shape index (κ2) is 3.32. The molecule has 1 aliphatic rings. The molecule has 0 bridgehead atoms. The molecule has 0 radical (unpaired) electrons. The van der Waals surface area contributed by atoms with Crippen molar-refractivity contribution >= 4 is 10.4 Å². The molecular formula is C7H14O4S. The average Bonchev–Trinajstić information content (AvgIpc) is 1.98. The summed E-state index contributed by atoms with van der Waals surface area (Å²) in [5, 5.41) is 0. The maximum atomic E-state index is 10.7. The molecule has 0 N–H and O–H groups in total. The molecule has 0 spiro atoms. The minimum atomic E-state index is -3.67. The zero-order valence-corrected chi connectivity index (χ0v) is 8.19. The van der Waals surface area contributed by atoms with Gasteiger partial charge in [0, 0.05) is 5.41 Å². The fraction of sp³-hybridized carbons (Fsp3) is 1.00. The topological polar surface area (TPSA) is 52.6 Å². The van der Waals surface area contributed by atoms with Crippen molar-refractivity contribution < 1.29 is 16.8 Å². The lowest BCUT2D eigenvalue weighted by atomic mass is 9.88. The highest BCUT2D eigenvalue weighted by Gasteiger charge is 2.34. The Morgan fingerprint density at radius 3 is 2.25 bits per heavy atom. The van der Waals surface area contributed by atoms with Gasteiger partial charge in [-0.25, -0.2) is 8.37 Å². The van der Waals surface area contributed by atoms with Crippen LogP contribution in [0.1, 0.15) is 26.7 Å². The maximum Gasteiger partial charge on any atom is 0.399 e. The first-order chi connectivity index (χ1) is 5.47. The molecule has 0 aromatic heterocycles. The quantitative estimate of drug-likeness (QED) is 0.660. The van der Waals surface area contributed by atoms with Crippen LogP contribution < -0.4 is 0 Å². The van der Waals surface area contributed by atoms with Gasteiger partial charge in [-0.15, -0.1) is 0 Å². The summed E-state index contributed by atoms with van der Waals surface area (Å²) in [6.07, 6.45) is 1.92. The Morgan fingerprint density at radius 2 is 1.83 bits per heavy atom. The Balaban J connectivity index is 2.55. The lowest BCUT2D eigenvalue weighted by molar-refractivity contribution is 0.0313. The van der Waals surface area contributed by atoms with Crippen LogP contribution in [-0.2, 0) is 18.8 Å². The molecule has 4 nitrogen and oxygen atoms in total. The van der Waals surface area contributed by atoms with Crippen LogP contribution in [0.2, 0.25) is 0 Å². The fourth-order valence-electron chi connectivity index (χ4n) is 1.25. The van der Waals surface area contributed by atoms with Crippen LogP contribution in [0.5, 0.6) is 0 Å². The summed E-state index contributed by atoms with van der Waals surface area (Å²) < 4.78 is 30.6. The van der Waals surface area contributed by atoms with Crippen LogP contribution in [0.3, 0.4) is 0 Å². The lowest BCUT2D eigenvalue weighted by Gasteiger charge is -2.31. The van der Waals surface area contributed by atoms with Gasteiger partial charge in [0.15, 0.2) is 0 Å². The molecule has 0 aromatic carbocycles. The zero-order valence-electron chi connectivity index (χ0n) is 7.37. The molecule has 1 heterocycles. The van der Waals surface area contributed by atoms with E-state index in [4.69, 9.17) is 0 Å². The summed E-state index contributed by atoms with van der Waals surface area (Å²) >= 11 is 0. The van der Waals surface area contributed by atoms with Crippen molar-refractivity contribution in [1.29, 1.82) is 0 Å². The maximum absolute atomic E-state index is 10.7. The van der Waals surface area contributed by atoms with Crippen LogP contribution >= 0.6 is 0 Å². The standard InChI is InChI=1S/C7H14O4S/c1-3-4-7(2)5-10-12(8,9)11-6-7/h3-6H2,1-2H3. The van der Waals surface area contributed by atoms with Gasteiger partial charge < -0.3 is 0 Å². The summed E-state index contributed by atoms with van der Waals surface area (Å²) in [7, 11) is -3.67. The molecule has 5 heteroatoms. The highest BCUT2D eigenvalue weighted by Crippen LogP contribution is 2.29. The van der Waals surface area contributed by atoms with Crippen LogP contribution in [-0.4, -0.2) is 21.6 Å². The first-order valence-corrected chi connectivity index (χ1v) is 5.35. The van der Waals surface area contributed by atoms with Gasteiger partial charge in [-0.1, -0.05) is 20.3 Å². The summed E-state index contributed by atoms with van der Waals surface area (Å²) in [6.45, 7) is 4.49. The van der Waals surface area contributed by atoms with E-state index in [0.717, 1.165) is 12.8 Å². The van der Waals surface area contributed by atoms with Gasteiger partial charge in [0.2, 0.25) is 0 Å². The van der Waals surface area contributed by atoms with Crippen LogP contribution in [0.15, 0.2) is 0 Å². The van der Waals surface area contributed by atoms with Gasteiger partial charge in [0.1, 0.15) is 0 Å². The van der Waals surface area contributed by atoms with E-state index in [2.05, 4.69) is 8.37 Å². The molecular weight excluding hydrogens is 180 g/mol. The summed E-state index contributed by atoms with van der Waals surface area (Å²) in [5.74, 6) is 0. The number of hydrogen-bond donors (Lipinski definition) is 0. The largest absolute Gasteiger partial charge is 0.399 e. The molecule has 0 amide bonds. The van der Waals surface area contributed by atoms with Crippen LogP contribution in [0, 0.1) is 5.41 Å². The van der Waals surface area contributed by atoms with Crippen molar-refractivity contribution in [2.24, 2.45) is 5.41 Å². The molecule has 1 fully saturated rings. The van der Waals surface area contributed by atoms with E-state index < -0.39 is 10.4 Å².